The zero-order valence-electron chi connectivity index (χ0n) is 12.4. The summed E-state index contributed by atoms with van der Waals surface area (Å²) >= 11 is 0. The van der Waals surface area contributed by atoms with Gasteiger partial charge in [-0.1, -0.05) is 12.1 Å². The molecular formula is C18H18N2O. The summed E-state index contributed by atoms with van der Waals surface area (Å²) in [6.45, 7) is 6.07. The Morgan fingerprint density at radius 1 is 1.00 bits per heavy atom. The number of H-pyrrole nitrogens is 1. The number of benzene rings is 2. The minimum absolute atomic E-state index is 0.0792. The van der Waals surface area contributed by atoms with Gasteiger partial charge in [-0.25, -0.2) is 0 Å². The van der Waals surface area contributed by atoms with Crippen LogP contribution in [0.3, 0.4) is 0 Å². The summed E-state index contributed by atoms with van der Waals surface area (Å²) in [5.41, 5.74) is 5.94. The van der Waals surface area contributed by atoms with Gasteiger partial charge in [0.25, 0.3) is 5.91 Å². The summed E-state index contributed by atoms with van der Waals surface area (Å²) in [6.07, 6.45) is 0. The molecule has 0 radical (unpaired) electrons. The molecule has 0 fully saturated rings. The van der Waals surface area contributed by atoms with E-state index in [9.17, 15) is 4.79 Å². The minimum atomic E-state index is -0.0792. The fourth-order valence-corrected chi connectivity index (χ4v) is 2.48. The molecule has 0 spiro atoms. The van der Waals surface area contributed by atoms with Gasteiger partial charge in [0.2, 0.25) is 0 Å². The first-order valence-corrected chi connectivity index (χ1v) is 7.01. The molecule has 0 aliphatic rings. The van der Waals surface area contributed by atoms with Gasteiger partial charge in [0.05, 0.1) is 5.69 Å². The Balaban J connectivity index is 1.94. The Labute approximate surface area is 124 Å². The van der Waals surface area contributed by atoms with Crippen LogP contribution in [-0.4, -0.2) is 10.9 Å². The standard InChI is InChI=1S/C18H18N2O/c1-11-7-8-14(9-12(11)2)18(21)20-17-6-4-5-16-15(17)10-13(3)19-16/h4-10,19H,1-3H3,(H,20,21). The Morgan fingerprint density at radius 2 is 1.81 bits per heavy atom. The summed E-state index contributed by atoms with van der Waals surface area (Å²) in [4.78, 5) is 15.7. The van der Waals surface area contributed by atoms with Crippen molar-refractivity contribution in [2.45, 2.75) is 20.8 Å². The van der Waals surface area contributed by atoms with Crippen LogP contribution >= 0.6 is 0 Å². The SMILES string of the molecule is Cc1cc2c(NC(=O)c3ccc(C)c(C)c3)cccc2[nH]1. The van der Waals surface area contributed by atoms with Crippen molar-refractivity contribution in [1.82, 2.24) is 4.98 Å². The van der Waals surface area contributed by atoms with Gasteiger partial charge in [0, 0.05) is 22.2 Å². The molecule has 0 bridgehead atoms. The highest BCUT2D eigenvalue weighted by molar-refractivity contribution is 6.09. The third kappa shape index (κ3) is 2.55. The maximum atomic E-state index is 12.4. The second kappa shape index (κ2) is 5.09. The van der Waals surface area contributed by atoms with Gasteiger partial charge < -0.3 is 10.3 Å². The first-order valence-electron chi connectivity index (χ1n) is 7.01. The van der Waals surface area contributed by atoms with Crippen molar-refractivity contribution >= 4 is 22.5 Å². The van der Waals surface area contributed by atoms with Crippen LogP contribution in [0.4, 0.5) is 5.69 Å². The summed E-state index contributed by atoms with van der Waals surface area (Å²) in [5, 5.41) is 4.04. The van der Waals surface area contributed by atoms with Gasteiger partial charge in [-0.15, -0.1) is 0 Å². The topological polar surface area (TPSA) is 44.9 Å². The molecule has 1 amide bonds. The van der Waals surface area contributed by atoms with Gasteiger partial charge in [-0.05, 0) is 62.2 Å². The number of rotatable bonds is 2. The molecule has 2 N–H and O–H groups in total. The monoisotopic (exact) mass is 278 g/mol. The van der Waals surface area contributed by atoms with Crippen LogP contribution in [0.5, 0.6) is 0 Å². The van der Waals surface area contributed by atoms with E-state index in [-0.39, 0.29) is 5.91 Å². The third-order valence-corrected chi connectivity index (χ3v) is 3.82. The average molecular weight is 278 g/mol. The Morgan fingerprint density at radius 3 is 2.57 bits per heavy atom. The average Bonchev–Trinajstić information content (AvgIpc) is 2.83. The zero-order valence-corrected chi connectivity index (χ0v) is 12.4. The van der Waals surface area contributed by atoms with Crippen LogP contribution in [0.1, 0.15) is 27.2 Å². The summed E-state index contributed by atoms with van der Waals surface area (Å²) in [7, 11) is 0. The van der Waals surface area contributed by atoms with E-state index < -0.39 is 0 Å². The Bertz CT molecular complexity index is 830. The fraction of sp³-hybridized carbons (Fsp3) is 0.167. The first kappa shape index (κ1) is 13.4. The molecule has 0 unspecified atom stereocenters. The molecule has 3 heteroatoms. The van der Waals surface area contributed by atoms with Crippen molar-refractivity contribution in [3.63, 3.8) is 0 Å². The van der Waals surface area contributed by atoms with Crippen molar-refractivity contribution < 1.29 is 4.79 Å². The van der Waals surface area contributed by atoms with E-state index in [4.69, 9.17) is 0 Å². The highest BCUT2D eigenvalue weighted by Crippen LogP contribution is 2.24. The number of carbonyl (C=O) groups excluding carboxylic acids is 1. The van der Waals surface area contributed by atoms with Gasteiger partial charge in [0.1, 0.15) is 0 Å². The van der Waals surface area contributed by atoms with Crippen LogP contribution in [0.15, 0.2) is 42.5 Å². The first-order chi connectivity index (χ1) is 10.0. The molecule has 0 saturated carbocycles. The van der Waals surface area contributed by atoms with Gasteiger partial charge in [-0.2, -0.15) is 0 Å². The van der Waals surface area contributed by atoms with E-state index in [1.807, 2.05) is 63.2 Å². The predicted octanol–water partition coefficient (Wildman–Crippen LogP) is 4.35. The lowest BCUT2D eigenvalue weighted by atomic mass is 10.1. The zero-order chi connectivity index (χ0) is 15.0. The van der Waals surface area contributed by atoms with Crippen molar-refractivity contribution in [2.75, 3.05) is 5.32 Å². The van der Waals surface area contributed by atoms with Crippen LogP contribution in [0, 0.1) is 20.8 Å². The number of amides is 1. The molecule has 0 aliphatic carbocycles. The van der Waals surface area contributed by atoms with E-state index in [2.05, 4.69) is 10.3 Å². The number of aryl methyl sites for hydroxylation is 3. The highest BCUT2D eigenvalue weighted by Gasteiger charge is 2.10. The molecule has 3 rings (SSSR count). The van der Waals surface area contributed by atoms with Crippen LogP contribution < -0.4 is 5.32 Å². The summed E-state index contributed by atoms with van der Waals surface area (Å²) in [5.74, 6) is -0.0792. The van der Waals surface area contributed by atoms with Crippen molar-refractivity contribution in [1.29, 1.82) is 0 Å². The number of carbonyl (C=O) groups is 1. The number of hydrogen-bond acceptors (Lipinski definition) is 1. The normalized spacial score (nSPS) is 10.8. The minimum Gasteiger partial charge on any atom is -0.359 e. The molecule has 3 nitrogen and oxygen atoms in total. The molecule has 2 aromatic carbocycles. The quantitative estimate of drug-likeness (QED) is 0.719. The molecular weight excluding hydrogens is 260 g/mol. The third-order valence-electron chi connectivity index (χ3n) is 3.82. The fourth-order valence-electron chi connectivity index (χ4n) is 2.48. The lowest BCUT2D eigenvalue weighted by Crippen LogP contribution is -2.12. The Kier molecular flexibility index (Phi) is 3.26. The van der Waals surface area contributed by atoms with Crippen molar-refractivity contribution in [2.24, 2.45) is 0 Å². The number of nitrogens with one attached hydrogen (secondary N) is 2. The summed E-state index contributed by atoms with van der Waals surface area (Å²) in [6, 6.07) is 13.7. The molecule has 3 aromatic rings. The van der Waals surface area contributed by atoms with E-state index in [0.717, 1.165) is 27.8 Å². The largest absolute Gasteiger partial charge is 0.359 e. The molecule has 1 heterocycles. The van der Waals surface area contributed by atoms with E-state index in [1.165, 1.54) is 5.56 Å². The van der Waals surface area contributed by atoms with Gasteiger partial charge >= 0.3 is 0 Å². The smallest absolute Gasteiger partial charge is 0.255 e. The van der Waals surface area contributed by atoms with Crippen LogP contribution in [-0.2, 0) is 0 Å². The molecule has 0 aliphatic heterocycles. The molecule has 1 aromatic heterocycles. The van der Waals surface area contributed by atoms with Gasteiger partial charge in [0.15, 0.2) is 0 Å². The molecule has 106 valence electrons. The van der Waals surface area contributed by atoms with Gasteiger partial charge in [-0.3, -0.25) is 4.79 Å². The number of aromatic amines is 1. The van der Waals surface area contributed by atoms with Crippen molar-refractivity contribution in [3.05, 3.63) is 64.8 Å². The predicted molar refractivity (Wildman–Crippen MR) is 86.9 cm³/mol. The number of hydrogen-bond donors (Lipinski definition) is 2. The summed E-state index contributed by atoms with van der Waals surface area (Å²) < 4.78 is 0. The van der Waals surface area contributed by atoms with E-state index in [1.54, 1.807) is 0 Å². The number of aromatic nitrogens is 1. The number of fused-ring (bicyclic) bond motifs is 1. The maximum absolute atomic E-state index is 12.4. The lowest BCUT2D eigenvalue weighted by molar-refractivity contribution is 0.102. The van der Waals surface area contributed by atoms with E-state index in [0.29, 0.717) is 5.56 Å². The van der Waals surface area contributed by atoms with E-state index >= 15 is 0 Å². The van der Waals surface area contributed by atoms with Crippen molar-refractivity contribution in [3.8, 4) is 0 Å². The number of anilines is 1. The second-order valence-corrected chi connectivity index (χ2v) is 5.47. The molecule has 0 saturated heterocycles. The maximum Gasteiger partial charge on any atom is 0.255 e. The van der Waals surface area contributed by atoms with Crippen LogP contribution in [0.2, 0.25) is 0 Å². The Hall–Kier alpha value is -2.55. The molecule has 21 heavy (non-hydrogen) atoms. The molecule has 0 atom stereocenters. The highest BCUT2D eigenvalue weighted by atomic mass is 16.1. The van der Waals surface area contributed by atoms with Crippen LogP contribution in [0.25, 0.3) is 10.9 Å². The lowest BCUT2D eigenvalue weighted by Gasteiger charge is -2.08. The second-order valence-electron chi connectivity index (χ2n) is 5.47.